The van der Waals surface area contributed by atoms with Gasteiger partial charge in [-0.1, -0.05) is 0 Å². The second kappa shape index (κ2) is 3.81. The second-order valence-corrected chi connectivity index (χ2v) is 3.55. The minimum atomic E-state index is -0.399. The Bertz CT molecular complexity index is 613. The quantitative estimate of drug-likeness (QED) is 0.738. The van der Waals surface area contributed by atoms with Crippen molar-refractivity contribution >= 4 is 16.9 Å². The summed E-state index contributed by atoms with van der Waals surface area (Å²) < 4.78 is 4.67. The number of esters is 1. The highest BCUT2D eigenvalue weighted by molar-refractivity contribution is 5.95. The summed E-state index contributed by atoms with van der Waals surface area (Å²) in [5.74, 6) is -0.399. The molecule has 16 heavy (non-hydrogen) atoms. The monoisotopic (exact) mass is 217 g/mol. The highest BCUT2D eigenvalue weighted by atomic mass is 16.5. The maximum absolute atomic E-state index is 11.5. The normalized spacial score (nSPS) is 10.4. The number of rotatable bonds is 1. The molecule has 4 heteroatoms. The van der Waals surface area contributed by atoms with Crippen LogP contribution in [0.5, 0.6) is 0 Å². The van der Waals surface area contributed by atoms with Crippen LogP contribution in [-0.2, 0) is 4.74 Å². The molecule has 0 saturated heterocycles. The van der Waals surface area contributed by atoms with Gasteiger partial charge in [0.1, 0.15) is 0 Å². The van der Waals surface area contributed by atoms with E-state index in [4.69, 9.17) is 0 Å². The molecule has 0 aliphatic heterocycles. The lowest BCUT2D eigenvalue weighted by Gasteiger charge is -2.05. The Hall–Kier alpha value is -2.10. The minimum Gasteiger partial charge on any atom is -0.465 e. The van der Waals surface area contributed by atoms with E-state index in [0.717, 1.165) is 5.56 Å². The zero-order chi connectivity index (χ0) is 11.7. The number of hydrogen-bond acceptors (Lipinski definition) is 3. The van der Waals surface area contributed by atoms with Crippen molar-refractivity contribution in [2.45, 2.75) is 6.92 Å². The Morgan fingerprint density at radius 3 is 2.81 bits per heavy atom. The molecule has 1 aromatic heterocycles. The van der Waals surface area contributed by atoms with Crippen molar-refractivity contribution in [3.63, 3.8) is 0 Å². The second-order valence-electron chi connectivity index (χ2n) is 3.55. The molecule has 0 aliphatic carbocycles. The summed E-state index contributed by atoms with van der Waals surface area (Å²) in [7, 11) is 1.33. The van der Waals surface area contributed by atoms with Crippen LogP contribution in [0.3, 0.4) is 0 Å². The molecule has 0 atom stereocenters. The summed E-state index contributed by atoms with van der Waals surface area (Å²) in [4.78, 5) is 25.9. The van der Waals surface area contributed by atoms with E-state index in [9.17, 15) is 9.59 Å². The smallest absolute Gasteiger partial charge is 0.338 e. The average molecular weight is 217 g/mol. The fourth-order valence-corrected chi connectivity index (χ4v) is 1.66. The molecular formula is C12H11NO3. The third-order valence-corrected chi connectivity index (χ3v) is 2.51. The first-order valence-corrected chi connectivity index (χ1v) is 4.84. The molecule has 0 spiro atoms. The number of nitrogens with one attached hydrogen (secondary N) is 1. The summed E-state index contributed by atoms with van der Waals surface area (Å²) >= 11 is 0. The number of carbonyl (C=O) groups is 1. The van der Waals surface area contributed by atoms with Crippen molar-refractivity contribution in [2.24, 2.45) is 0 Å². The lowest BCUT2D eigenvalue weighted by atomic mass is 10.1. The zero-order valence-electron chi connectivity index (χ0n) is 9.03. The van der Waals surface area contributed by atoms with Crippen molar-refractivity contribution in [3.8, 4) is 0 Å². The number of aryl methyl sites for hydroxylation is 1. The van der Waals surface area contributed by atoms with Crippen LogP contribution < -0.4 is 5.43 Å². The summed E-state index contributed by atoms with van der Waals surface area (Å²) in [6.07, 6.45) is 1.56. The van der Waals surface area contributed by atoms with E-state index in [-0.39, 0.29) is 5.43 Å². The summed E-state index contributed by atoms with van der Waals surface area (Å²) in [6.45, 7) is 1.78. The van der Waals surface area contributed by atoms with E-state index in [1.54, 1.807) is 25.3 Å². The lowest BCUT2D eigenvalue weighted by molar-refractivity contribution is 0.0600. The Balaban J connectivity index is 2.77. The Morgan fingerprint density at radius 1 is 1.38 bits per heavy atom. The summed E-state index contributed by atoms with van der Waals surface area (Å²) in [5.41, 5.74) is 1.78. The molecule has 2 rings (SSSR count). The van der Waals surface area contributed by atoms with E-state index < -0.39 is 5.97 Å². The first-order valence-electron chi connectivity index (χ1n) is 4.84. The van der Waals surface area contributed by atoms with Gasteiger partial charge in [-0.2, -0.15) is 0 Å². The van der Waals surface area contributed by atoms with E-state index in [1.807, 2.05) is 0 Å². The van der Waals surface area contributed by atoms with Gasteiger partial charge in [-0.15, -0.1) is 0 Å². The zero-order valence-corrected chi connectivity index (χ0v) is 9.03. The Labute approximate surface area is 91.9 Å². The maximum Gasteiger partial charge on any atom is 0.338 e. The number of aromatic amines is 1. The molecule has 0 saturated carbocycles. The van der Waals surface area contributed by atoms with E-state index in [1.165, 1.54) is 13.2 Å². The first kappa shape index (κ1) is 10.4. The number of ether oxygens (including phenoxy) is 1. The average Bonchev–Trinajstić information content (AvgIpc) is 2.29. The van der Waals surface area contributed by atoms with Crippen LogP contribution in [0.25, 0.3) is 10.9 Å². The SMILES string of the molecule is COC(=O)c1cc2[nH]ccc(=O)c2cc1C. The van der Waals surface area contributed by atoms with Crippen LogP contribution in [0.2, 0.25) is 0 Å². The number of fused-ring (bicyclic) bond motifs is 1. The Kier molecular flexibility index (Phi) is 2.48. The van der Waals surface area contributed by atoms with Crippen molar-refractivity contribution in [1.29, 1.82) is 0 Å². The molecule has 0 radical (unpaired) electrons. The van der Waals surface area contributed by atoms with E-state index >= 15 is 0 Å². The van der Waals surface area contributed by atoms with Gasteiger partial charge in [0.25, 0.3) is 0 Å². The Morgan fingerprint density at radius 2 is 2.12 bits per heavy atom. The topological polar surface area (TPSA) is 59.2 Å². The van der Waals surface area contributed by atoms with Crippen LogP contribution in [0.1, 0.15) is 15.9 Å². The lowest BCUT2D eigenvalue weighted by Crippen LogP contribution is -2.07. The van der Waals surface area contributed by atoms with Crippen LogP contribution in [-0.4, -0.2) is 18.1 Å². The number of aromatic nitrogens is 1. The maximum atomic E-state index is 11.5. The van der Waals surface area contributed by atoms with Gasteiger partial charge < -0.3 is 9.72 Å². The fraction of sp³-hybridized carbons (Fsp3) is 0.167. The molecule has 0 aliphatic rings. The van der Waals surface area contributed by atoms with Gasteiger partial charge in [0.15, 0.2) is 5.43 Å². The number of hydrogen-bond donors (Lipinski definition) is 1. The van der Waals surface area contributed by atoms with Crippen molar-refractivity contribution in [1.82, 2.24) is 4.98 Å². The predicted octanol–water partition coefficient (Wildman–Crippen LogP) is 1.62. The van der Waals surface area contributed by atoms with Gasteiger partial charge >= 0.3 is 5.97 Å². The van der Waals surface area contributed by atoms with Crippen molar-refractivity contribution in [2.75, 3.05) is 7.11 Å². The summed E-state index contributed by atoms with van der Waals surface area (Å²) in [6, 6.07) is 4.79. The van der Waals surface area contributed by atoms with Crippen LogP contribution >= 0.6 is 0 Å². The number of methoxy groups -OCH3 is 1. The molecule has 82 valence electrons. The van der Waals surface area contributed by atoms with E-state index in [2.05, 4.69) is 9.72 Å². The molecular weight excluding hydrogens is 206 g/mol. The van der Waals surface area contributed by atoms with Crippen LogP contribution in [0.15, 0.2) is 29.2 Å². The molecule has 2 aromatic rings. The third-order valence-electron chi connectivity index (χ3n) is 2.51. The standard InChI is InChI=1S/C12H11NO3/c1-7-5-9-10(13-4-3-11(9)14)6-8(7)12(15)16-2/h3-6H,1-2H3,(H,13,14). The van der Waals surface area contributed by atoms with Gasteiger partial charge in [-0.25, -0.2) is 4.79 Å². The molecule has 4 nitrogen and oxygen atoms in total. The van der Waals surface area contributed by atoms with Gasteiger partial charge in [0.2, 0.25) is 0 Å². The number of benzene rings is 1. The molecule has 1 aromatic carbocycles. The first-order chi connectivity index (χ1) is 7.63. The minimum absolute atomic E-state index is 0.0618. The largest absolute Gasteiger partial charge is 0.465 e. The molecule has 0 amide bonds. The summed E-state index contributed by atoms with van der Waals surface area (Å²) in [5, 5.41) is 0.577. The molecule has 1 N–H and O–H groups in total. The molecule has 0 fully saturated rings. The highest BCUT2D eigenvalue weighted by Gasteiger charge is 2.11. The van der Waals surface area contributed by atoms with Crippen LogP contribution in [0, 0.1) is 6.92 Å². The van der Waals surface area contributed by atoms with Crippen molar-refractivity contribution < 1.29 is 9.53 Å². The number of pyridine rings is 1. The fourth-order valence-electron chi connectivity index (χ4n) is 1.66. The van der Waals surface area contributed by atoms with Gasteiger partial charge in [0.05, 0.1) is 18.2 Å². The highest BCUT2D eigenvalue weighted by Crippen LogP contribution is 2.16. The molecule has 0 unspecified atom stereocenters. The van der Waals surface area contributed by atoms with E-state index in [0.29, 0.717) is 16.5 Å². The van der Waals surface area contributed by atoms with Crippen LogP contribution in [0.4, 0.5) is 0 Å². The number of H-pyrrole nitrogens is 1. The van der Waals surface area contributed by atoms with Gasteiger partial charge in [-0.3, -0.25) is 4.79 Å². The van der Waals surface area contributed by atoms with Gasteiger partial charge in [0, 0.05) is 17.6 Å². The predicted molar refractivity (Wildman–Crippen MR) is 60.6 cm³/mol. The van der Waals surface area contributed by atoms with Gasteiger partial charge in [-0.05, 0) is 24.6 Å². The molecule has 0 bridgehead atoms. The molecule has 1 heterocycles. The van der Waals surface area contributed by atoms with Crippen molar-refractivity contribution in [3.05, 3.63) is 45.7 Å². The third kappa shape index (κ3) is 1.58. The number of carbonyl (C=O) groups excluding carboxylic acids is 1.